The second-order valence-electron chi connectivity index (χ2n) is 6.12. The topological polar surface area (TPSA) is 58.6 Å². The van der Waals surface area contributed by atoms with Gasteiger partial charge in [-0.1, -0.05) is 11.6 Å². The second-order valence-corrected chi connectivity index (χ2v) is 9.03. The van der Waals surface area contributed by atoms with Gasteiger partial charge >= 0.3 is 0 Å². The lowest BCUT2D eigenvalue weighted by molar-refractivity contribution is 0.207. The molecule has 140 valence electrons. The molecule has 2 aromatic rings. The predicted molar refractivity (Wildman–Crippen MR) is 103 cm³/mol. The summed E-state index contributed by atoms with van der Waals surface area (Å²) in [5, 5.41) is -0.180. The molecule has 1 saturated heterocycles. The van der Waals surface area contributed by atoms with Crippen LogP contribution in [0.15, 0.2) is 45.8 Å². The smallest absolute Gasteiger partial charge is 0.263 e. The standard InChI is InChI=1S/C17H17BrClFN2O3S/c1-22-7-6-13(10-22)25-16-9-12(3-4-14(16)18)21-26(23,24)17-5-2-11(20)8-15(17)19/h2-5,8-9,13,21H,6-7,10H2,1H3/t13-/m1/s1. The van der Waals surface area contributed by atoms with Gasteiger partial charge in [-0.05, 0) is 59.7 Å². The summed E-state index contributed by atoms with van der Waals surface area (Å²) in [7, 11) is -1.93. The summed E-state index contributed by atoms with van der Waals surface area (Å²) < 4.78 is 47.4. The molecule has 1 aliphatic heterocycles. The number of nitrogens with one attached hydrogen (secondary N) is 1. The van der Waals surface area contributed by atoms with Crippen LogP contribution < -0.4 is 9.46 Å². The summed E-state index contributed by atoms with van der Waals surface area (Å²) in [5.74, 6) is -0.0505. The normalized spacial score (nSPS) is 18.1. The van der Waals surface area contributed by atoms with Crippen molar-refractivity contribution in [3.8, 4) is 5.75 Å². The van der Waals surface area contributed by atoms with Crippen LogP contribution in [0.2, 0.25) is 5.02 Å². The summed E-state index contributed by atoms with van der Waals surface area (Å²) in [5.41, 5.74) is 0.329. The highest BCUT2D eigenvalue weighted by atomic mass is 79.9. The van der Waals surface area contributed by atoms with Gasteiger partial charge in [-0.25, -0.2) is 12.8 Å². The molecule has 0 spiro atoms. The van der Waals surface area contributed by atoms with Crippen LogP contribution in [0.1, 0.15) is 6.42 Å². The Morgan fingerprint density at radius 2 is 2.08 bits per heavy atom. The third kappa shape index (κ3) is 4.49. The van der Waals surface area contributed by atoms with Gasteiger partial charge in [0.1, 0.15) is 22.6 Å². The van der Waals surface area contributed by atoms with Crippen molar-refractivity contribution < 1.29 is 17.5 Å². The number of sulfonamides is 1. The predicted octanol–water partition coefficient (Wildman–Crippen LogP) is 4.13. The van der Waals surface area contributed by atoms with E-state index in [1.807, 2.05) is 7.05 Å². The summed E-state index contributed by atoms with van der Waals surface area (Å²) in [6.07, 6.45) is 0.957. The highest BCUT2D eigenvalue weighted by Crippen LogP contribution is 2.32. The minimum absolute atomic E-state index is 0.0506. The highest BCUT2D eigenvalue weighted by Gasteiger charge is 2.23. The van der Waals surface area contributed by atoms with E-state index in [1.165, 1.54) is 0 Å². The van der Waals surface area contributed by atoms with E-state index in [-0.39, 0.29) is 16.0 Å². The van der Waals surface area contributed by atoms with Gasteiger partial charge in [-0.2, -0.15) is 0 Å². The molecule has 0 aliphatic carbocycles. The Hall–Kier alpha value is -1.35. The van der Waals surface area contributed by atoms with Crippen molar-refractivity contribution in [1.82, 2.24) is 4.90 Å². The van der Waals surface area contributed by atoms with Gasteiger partial charge in [0.05, 0.1) is 15.2 Å². The van der Waals surface area contributed by atoms with E-state index in [1.54, 1.807) is 18.2 Å². The highest BCUT2D eigenvalue weighted by molar-refractivity contribution is 9.10. The lowest BCUT2D eigenvalue weighted by Crippen LogP contribution is -2.21. The van der Waals surface area contributed by atoms with Gasteiger partial charge in [-0.15, -0.1) is 0 Å². The molecule has 0 radical (unpaired) electrons. The Kier molecular flexibility index (Phi) is 5.76. The minimum atomic E-state index is -3.95. The maximum atomic E-state index is 13.2. The molecule has 0 unspecified atom stereocenters. The average Bonchev–Trinajstić information content (AvgIpc) is 2.95. The molecule has 5 nitrogen and oxygen atoms in total. The van der Waals surface area contributed by atoms with Crippen LogP contribution in [0.3, 0.4) is 0 Å². The van der Waals surface area contributed by atoms with Gasteiger partial charge in [0.25, 0.3) is 10.0 Å². The monoisotopic (exact) mass is 462 g/mol. The lowest BCUT2D eigenvalue weighted by Gasteiger charge is -2.16. The number of ether oxygens (including phenoxy) is 1. The van der Waals surface area contributed by atoms with E-state index in [0.717, 1.165) is 42.2 Å². The molecule has 0 saturated carbocycles. The molecule has 0 aromatic heterocycles. The molecule has 1 atom stereocenters. The third-order valence-corrected chi connectivity index (χ3v) is 6.53. The molecule has 9 heteroatoms. The van der Waals surface area contributed by atoms with Crippen LogP contribution in [-0.4, -0.2) is 39.6 Å². The fourth-order valence-electron chi connectivity index (χ4n) is 2.73. The largest absolute Gasteiger partial charge is 0.488 e. The lowest BCUT2D eigenvalue weighted by atomic mass is 10.3. The van der Waals surface area contributed by atoms with Gasteiger partial charge < -0.3 is 9.64 Å². The maximum absolute atomic E-state index is 13.2. The van der Waals surface area contributed by atoms with Crippen LogP contribution in [-0.2, 0) is 10.0 Å². The van der Waals surface area contributed by atoms with E-state index < -0.39 is 15.8 Å². The number of halogens is 3. The number of anilines is 1. The zero-order chi connectivity index (χ0) is 18.9. The molecule has 3 rings (SSSR count). The molecule has 1 heterocycles. The van der Waals surface area contributed by atoms with E-state index in [2.05, 4.69) is 25.6 Å². The van der Waals surface area contributed by atoms with Crippen molar-refractivity contribution in [1.29, 1.82) is 0 Å². The Morgan fingerprint density at radius 1 is 1.31 bits per heavy atom. The Bertz CT molecular complexity index is 926. The van der Waals surface area contributed by atoms with Crippen molar-refractivity contribution >= 4 is 43.2 Å². The number of likely N-dealkylation sites (tertiary alicyclic amines) is 1. The van der Waals surface area contributed by atoms with Crippen LogP contribution in [0, 0.1) is 5.82 Å². The van der Waals surface area contributed by atoms with Crippen LogP contribution >= 0.6 is 27.5 Å². The summed E-state index contributed by atoms with van der Waals surface area (Å²) in [6, 6.07) is 8.06. The summed E-state index contributed by atoms with van der Waals surface area (Å²) in [6.45, 7) is 1.77. The zero-order valence-corrected chi connectivity index (χ0v) is 17.0. The minimum Gasteiger partial charge on any atom is -0.488 e. The van der Waals surface area contributed by atoms with Gasteiger partial charge in [0.2, 0.25) is 0 Å². The SMILES string of the molecule is CN1CC[C@@H](Oc2cc(NS(=O)(=O)c3ccc(F)cc3Cl)ccc2Br)C1. The molecule has 2 aromatic carbocycles. The fourth-order valence-corrected chi connectivity index (χ4v) is 4.65. The van der Waals surface area contributed by atoms with Crippen molar-refractivity contribution in [3.63, 3.8) is 0 Å². The van der Waals surface area contributed by atoms with Gasteiger partial charge in [-0.3, -0.25) is 4.72 Å². The van der Waals surface area contributed by atoms with Gasteiger partial charge in [0.15, 0.2) is 0 Å². The molecular weight excluding hydrogens is 447 g/mol. The number of hydrogen-bond acceptors (Lipinski definition) is 4. The average molecular weight is 464 g/mol. The quantitative estimate of drug-likeness (QED) is 0.724. The number of rotatable bonds is 5. The molecule has 1 N–H and O–H groups in total. The number of nitrogens with zero attached hydrogens (tertiary/aromatic N) is 1. The Balaban J connectivity index is 1.82. The molecule has 1 fully saturated rings. The Labute approximate surface area is 165 Å². The van der Waals surface area contributed by atoms with Crippen molar-refractivity contribution in [2.24, 2.45) is 0 Å². The number of benzene rings is 2. The Morgan fingerprint density at radius 3 is 2.73 bits per heavy atom. The van der Waals surface area contributed by atoms with Crippen molar-refractivity contribution in [3.05, 3.63) is 51.7 Å². The fraction of sp³-hybridized carbons (Fsp3) is 0.294. The van der Waals surface area contributed by atoms with Crippen LogP contribution in [0.4, 0.5) is 10.1 Å². The maximum Gasteiger partial charge on any atom is 0.263 e. The van der Waals surface area contributed by atoms with Crippen molar-refractivity contribution in [2.45, 2.75) is 17.4 Å². The van der Waals surface area contributed by atoms with E-state index >= 15 is 0 Å². The molecule has 0 bridgehead atoms. The van der Waals surface area contributed by atoms with Crippen LogP contribution in [0.25, 0.3) is 0 Å². The number of hydrogen-bond donors (Lipinski definition) is 1. The van der Waals surface area contributed by atoms with E-state index in [4.69, 9.17) is 16.3 Å². The molecular formula is C17H17BrClFN2O3S. The van der Waals surface area contributed by atoms with Crippen LogP contribution in [0.5, 0.6) is 5.75 Å². The molecule has 1 aliphatic rings. The first kappa shape index (κ1) is 19.4. The molecule has 26 heavy (non-hydrogen) atoms. The summed E-state index contributed by atoms with van der Waals surface area (Å²) >= 11 is 9.29. The van der Waals surface area contributed by atoms with E-state index in [0.29, 0.717) is 11.4 Å². The third-order valence-electron chi connectivity index (χ3n) is 4.01. The number of likely N-dealkylation sites (N-methyl/N-ethyl adjacent to an activating group) is 1. The summed E-state index contributed by atoms with van der Waals surface area (Å²) in [4.78, 5) is 1.98. The first-order chi connectivity index (χ1) is 12.2. The first-order valence-electron chi connectivity index (χ1n) is 7.87. The van der Waals surface area contributed by atoms with E-state index in [9.17, 15) is 12.8 Å². The second kappa shape index (κ2) is 7.72. The first-order valence-corrected chi connectivity index (χ1v) is 10.5. The molecule has 0 amide bonds. The zero-order valence-electron chi connectivity index (χ0n) is 13.9. The van der Waals surface area contributed by atoms with Crippen molar-refractivity contribution in [2.75, 3.05) is 24.9 Å². The van der Waals surface area contributed by atoms with Gasteiger partial charge in [0, 0.05) is 19.2 Å².